The molecule has 0 aromatic carbocycles. The second-order valence-electron chi connectivity index (χ2n) is 4.69. The van der Waals surface area contributed by atoms with Gasteiger partial charge in [-0.3, -0.25) is 14.9 Å². The van der Waals surface area contributed by atoms with Crippen molar-refractivity contribution < 1.29 is 4.79 Å². The fourth-order valence-electron chi connectivity index (χ4n) is 1.90. The van der Waals surface area contributed by atoms with Crippen molar-refractivity contribution in [3.05, 3.63) is 18.0 Å². The number of nitrogens with zero attached hydrogens (tertiary/aromatic N) is 4. The SMILES string of the molecule is CN1CCN(NC(=O)C(N)c2cnn(C)c2)CC1. The number of piperazine rings is 1. The molecule has 7 nitrogen and oxygen atoms in total. The number of aryl methyl sites for hydroxylation is 1. The first-order chi connectivity index (χ1) is 8.56. The molecule has 1 fully saturated rings. The van der Waals surface area contributed by atoms with E-state index in [1.807, 2.05) is 5.01 Å². The number of nitrogens with one attached hydrogen (secondary N) is 1. The monoisotopic (exact) mass is 252 g/mol. The van der Waals surface area contributed by atoms with E-state index >= 15 is 0 Å². The van der Waals surface area contributed by atoms with Crippen LogP contribution in [0.1, 0.15) is 11.6 Å². The molecule has 0 radical (unpaired) electrons. The lowest BCUT2D eigenvalue weighted by molar-refractivity contribution is -0.128. The van der Waals surface area contributed by atoms with Crippen molar-refractivity contribution >= 4 is 5.91 Å². The summed E-state index contributed by atoms with van der Waals surface area (Å²) in [6.45, 7) is 3.54. The summed E-state index contributed by atoms with van der Waals surface area (Å²) in [5.74, 6) is -0.187. The van der Waals surface area contributed by atoms with Gasteiger partial charge in [0.2, 0.25) is 0 Å². The summed E-state index contributed by atoms with van der Waals surface area (Å²) in [4.78, 5) is 14.2. The molecule has 1 saturated heterocycles. The topological polar surface area (TPSA) is 79.4 Å². The standard InChI is InChI=1S/C11H20N6O/c1-15-3-5-17(6-4-15)14-11(18)10(12)9-7-13-16(2)8-9/h7-8,10H,3-6,12H2,1-2H3,(H,14,18). The molecule has 2 rings (SSSR count). The lowest BCUT2D eigenvalue weighted by Crippen LogP contribution is -2.54. The van der Waals surface area contributed by atoms with Crippen molar-refractivity contribution in [1.82, 2.24) is 25.1 Å². The van der Waals surface area contributed by atoms with E-state index < -0.39 is 6.04 Å². The van der Waals surface area contributed by atoms with E-state index in [0.29, 0.717) is 0 Å². The number of aromatic nitrogens is 2. The minimum atomic E-state index is -0.668. The maximum Gasteiger partial charge on any atom is 0.255 e. The lowest BCUT2D eigenvalue weighted by atomic mass is 10.2. The Balaban J connectivity index is 1.88. The maximum atomic E-state index is 12.0. The molecule has 1 amide bonds. The zero-order valence-corrected chi connectivity index (χ0v) is 10.8. The van der Waals surface area contributed by atoms with Gasteiger partial charge in [0.15, 0.2) is 0 Å². The van der Waals surface area contributed by atoms with Crippen molar-refractivity contribution in [3.8, 4) is 0 Å². The van der Waals surface area contributed by atoms with E-state index in [0.717, 1.165) is 31.7 Å². The molecule has 0 aliphatic carbocycles. The Kier molecular flexibility index (Phi) is 3.95. The third-order valence-electron chi connectivity index (χ3n) is 3.14. The zero-order chi connectivity index (χ0) is 13.1. The number of nitrogens with two attached hydrogens (primary N) is 1. The molecule has 1 aliphatic rings. The van der Waals surface area contributed by atoms with Gasteiger partial charge >= 0.3 is 0 Å². The van der Waals surface area contributed by atoms with Gasteiger partial charge < -0.3 is 10.6 Å². The van der Waals surface area contributed by atoms with E-state index in [1.54, 1.807) is 24.1 Å². The van der Waals surface area contributed by atoms with Gasteiger partial charge in [-0.2, -0.15) is 5.10 Å². The Morgan fingerprint density at radius 2 is 2.06 bits per heavy atom. The quantitative estimate of drug-likeness (QED) is 0.699. The van der Waals surface area contributed by atoms with Crippen LogP contribution in [0, 0.1) is 0 Å². The second kappa shape index (κ2) is 5.47. The molecule has 0 saturated carbocycles. The predicted molar refractivity (Wildman–Crippen MR) is 67.3 cm³/mol. The molecule has 1 aliphatic heterocycles. The van der Waals surface area contributed by atoms with Crippen molar-refractivity contribution in [1.29, 1.82) is 0 Å². The van der Waals surface area contributed by atoms with Crippen LogP contribution in [0.4, 0.5) is 0 Å². The Morgan fingerprint density at radius 1 is 1.39 bits per heavy atom. The molecular formula is C11H20N6O. The Bertz CT molecular complexity index is 409. The molecule has 1 unspecified atom stereocenters. The van der Waals surface area contributed by atoms with Crippen molar-refractivity contribution in [2.45, 2.75) is 6.04 Å². The van der Waals surface area contributed by atoms with Crippen LogP contribution in [-0.2, 0) is 11.8 Å². The fraction of sp³-hybridized carbons (Fsp3) is 0.636. The Labute approximate surface area is 106 Å². The van der Waals surface area contributed by atoms with Gasteiger partial charge in [-0.25, -0.2) is 5.01 Å². The fourth-order valence-corrected chi connectivity index (χ4v) is 1.90. The van der Waals surface area contributed by atoms with Crippen LogP contribution in [-0.4, -0.2) is 58.8 Å². The van der Waals surface area contributed by atoms with Gasteiger partial charge in [-0.15, -0.1) is 0 Å². The number of hydrazine groups is 1. The summed E-state index contributed by atoms with van der Waals surface area (Å²) in [7, 11) is 3.87. The highest BCUT2D eigenvalue weighted by Crippen LogP contribution is 2.08. The molecule has 0 bridgehead atoms. The summed E-state index contributed by atoms with van der Waals surface area (Å²) < 4.78 is 1.64. The van der Waals surface area contributed by atoms with Gasteiger partial charge in [0.05, 0.1) is 6.20 Å². The summed E-state index contributed by atoms with van der Waals surface area (Å²) in [5, 5.41) is 5.93. The molecule has 1 aromatic heterocycles. The number of amides is 1. The molecule has 7 heteroatoms. The molecule has 1 atom stereocenters. The van der Waals surface area contributed by atoms with Gasteiger partial charge in [-0.1, -0.05) is 0 Å². The minimum absolute atomic E-state index is 0.187. The molecule has 0 spiro atoms. The van der Waals surface area contributed by atoms with E-state index in [9.17, 15) is 4.79 Å². The summed E-state index contributed by atoms with van der Waals surface area (Å²) in [5.41, 5.74) is 9.47. The maximum absolute atomic E-state index is 12.0. The predicted octanol–water partition coefficient (Wildman–Crippen LogP) is -1.30. The third-order valence-corrected chi connectivity index (χ3v) is 3.14. The van der Waals surface area contributed by atoms with Crippen molar-refractivity contribution in [2.24, 2.45) is 12.8 Å². The van der Waals surface area contributed by atoms with Crippen LogP contribution in [0.3, 0.4) is 0 Å². The number of hydrogen-bond acceptors (Lipinski definition) is 5. The van der Waals surface area contributed by atoms with Crippen LogP contribution in [0.2, 0.25) is 0 Å². The smallest absolute Gasteiger partial charge is 0.255 e. The summed E-state index contributed by atoms with van der Waals surface area (Å²) >= 11 is 0. The number of hydrogen-bond donors (Lipinski definition) is 2. The van der Waals surface area contributed by atoms with Crippen molar-refractivity contribution in [2.75, 3.05) is 33.2 Å². The first-order valence-electron chi connectivity index (χ1n) is 6.04. The van der Waals surface area contributed by atoms with E-state index in [-0.39, 0.29) is 5.91 Å². The average molecular weight is 252 g/mol. The van der Waals surface area contributed by atoms with Gasteiger partial charge in [0.25, 0.3) is 5.91 Å². The van der Waals surface area contributed by atoms with Crippen LogP contribution in [0.15, 0.2) is 12.4 Å². The first kappa shape index (κ1) is 13.0. The van der Waals surface area contributed by atoms with E-state index in [1.165, 1.54) is 0 Å². The van der Waals surface area contributed by atoms with Gasteiger partial charge in [0.1, 0.15) is 6.04 Å². The molecule has 100 valence electrons. The molecule has 1 aromatic rings. The third kappa shape index (κ3) is 3.06. The second-order valence-corrected chi connectivity index (χ2v) is 4.69. The van der Waals surface area contributed by atoms with Gasteiger partial charge in [-0.05, 0) is 7.05 Å². The number of rotatable bonds is 3. The lowest BCUT2D eigenvalue weighted by Gasteiger charge is -2.32. The Morgan fingerprint density at radius 3 is 2.61 bits per heavy atom. The molecule has 18 heavy (non-hydrogen) atoms. The van der Waals surface area contributed by atoms with Crippen molar-refractivity contribution in [3.63, 3.8) is 0 Å². The molecule has 3 N–H and O–H groups in total. The van der Waals surface area contributed by atoms with Crippen LogP contribution in [0.5, 0.6) is 0 Å². The highest BCUT2D eigenvalue weighted by atomic mass is 16.2. The average Bonchev–Trinajstić information content (AvgIpc) is 2.78. The largest absolute Gasteiger partial charge is 0.316 e. The highest BCUT2D eigenvalue weighted by Gasteiger charge is 2.21. The number of carbonyl (C=O) groups excluding carboxylic acids is 1. The van der Waals surface area contributed by atoms with Gasteiger partial charge in [0, 0.05) is 45.0 Å². The van der Waals surface area contributed by atoms with Crippen LogP contribution >= 0.6 is 0 Å². The van der Waals surface area contributed by atoms with E-state index in [2.05, 4.69) is 22.5 Å². The number of carbonyl (C=O) groups is 1. The van der Waals surface area contributed by atoms with Crippen LogP contribution < -0.4 is 11.2 Å². The summed E-state index contributed by atoms with van der Waals surface area (Å²) in [6.07, 6.45) is 3.38. The zero-order valence-electron chi connectivity index (χ0n) is 10.8. The molecular weight excluding hydrogens is 232 g/mol. The summed E-state index contributed by atoms with van der Waals surface area (Å²) in [6, 6.07) is -0.668. The normalized spacial score (nSPS) is 19.7. The Hall–Kier alpha value is -1.44. The number of likely N-dealkylation sites (N-methyl/N-ethyl adjacent to an activating group) is 1. The highest BCUT2D eigenvalue weighted by molar-refractivity contribution is 5.82. The van der Waals surface area contributed by atoms with E-state index in [4.69, 9.17) is 5.73 Å². The minimum Gasteiger partial charge on any atom is -0.316 e. The first-order valence-corrected chi connectivity index (χ1v) is 6.04. The van der Waals surface area contributed by atoms with Crippen LogP contribution in [0.25, 0.3) is 0 Å². The molecule has 2 heterocycles.